The van der Waals surface area contributed by atoms with Gasteiger partial charge in [0.2, 0.25) is 5.43 Å². The molecule has 5 nitrogen and oxygen atoms in total. The molecule has 3 rings (SSSR count). The molecule has 1 amide bonds. The maximum absolute atomic E-state index is 12.4. The van der Waals surface area contributed by atoms with Crippen LogP contribution in [0, 0.1) is 0 Å². The van der Waals surface area contributed by atoms with Gasteiger partial charge in [0.15, 0.2) is 0 Å². The molecule has 0 fully saturated rings. The van der Waals surface area contributed by atoms with Crippen LogP contribution in [0.5, 0.6) is 5.75 Å². The lowest BCUT2D eigenvalue weighted by atomic mass is 10.1. The predicted octanol–water partition coefficient (Wildman–Crippen LogP) is 2.79. The molecule has 0 atom stereocenters. The molecule has 5 heteroatoms. The number of methoxy groups -OCH3 is 1. The average molecular weight is 294 g/mol. The summed E-state index contributed by atoms with van der Waals surface area (Å²) in [6, 6.07) is 14.1. The van der Waals surface area contributed by atoms with Gasteiger partial charge in [-0.25, -0.2) is 0 Å². The van der Waals surface area contributed by atoms with Crippen molar-refractivity contribution in [1.82, 2.24) is 4.98 Å². The van der Waals surface area contributed by atoms with E-state index in [4.69, 9.17) is 4.74 Å². The standard InChI is InChI=1S/C17H14N2O3/c1-22-15-9-5-4-8-14(15)19-17(21)12-10-18-13-7-3-2-6-11(13)16(12)20/h2-10H,1H3,(H,18,20)(H,19,21). The number of nitrogens with one attached hydrogen (secondary N) is 2. The van der Waals surface area contributed by atoms with E-state index in [9.17, 15) is 9.59 Å². The van der Waals surface area contributed by atoms with Crippen molar-refractivity contribution in [3.63, 3.8) is 0 Å². The zero-order chi connectivity index (χ0) is 15.5. The van der Waals surface area contributed by atoms with Gasteiger partial charge in [-0.15, -0.1) is 0 Å². The Morgan fingerprint density at radius 1 is 1.09 bits per heavy atom. The molecule has 110 valence electrons. The summed E-state index contributed by atoms with van der Waals surface area (Å²) in [6.45, 7) is 0. The summed E-state index contributed by atoms with van der Waals surface area (Å²) in [4.78, 5) is 27.7. The number of benzene rings is 2. The lowest BCUT2D eigenvalue weighted by Gasteiger charge is -2.09. The van der Waals surface area contributed by atoms with Gasteiger partial charge in [-0.3, -0.25) is 9.59 Å². The van der Waals surface area contributed by atoms with Crippen LogP contribution in [0.1, 0.15) is 10.4 Å². The highest BCUT2D eigenvalue weighted by atomic mass is 16.5. The number of aromatic nitrogens is 1. The highest BCUT2D eigenvalue weighted by Crippen LogP contribution is 2.23. The van der Waals surface area contributed by atoms with Gasteiger partial charge in [-0.2, -0.15) is 0 Å². The van der Waals surface area contributed by atoms with Gasteiger partial charge in [-0.1, -0.05) is 24.3 Å². The lowest BCUT2D eigenvalue weighted by molar-refractivity contribution is 0.102. The van der Waals surface area contributed by atoms with Crippen LogP contribution in [-0.2, 0) is 0 Å². The van der Waals surface area contributed by atoms with E-state index in [-0.39, 0.29) is 11.0 Å². The highest BCUT2D eigenvalue weighted by molar-refractivity contribution is 6.06. The zero-order valence-electron chi connectivity index (χ0n) is 11.9. The number of pyridine rings is 1. The van der Waals surface area contributed by atoms with Crippen molar-refractivity contribution in [2.45, 2.75) is 0 Å². The predicted molar refractivity (Wildman–Crippen MR) is 85.5 cm³/mol. The number of ether oxygens (including phenoxy) is 1. The molecule has 0 bridgehead atoms. The third-order valence-corrected chi connectivity index (χ3v) is 3.39. The first-order valence-corrected chi connectivity index (χ1v) is 6.75. The maximum Gasteiger partial charge on any atom is 0.261 e. The van der Waals surface area contributed by atoms with E-state index in [2.05, 4.69) is 10.3 Å². The van der Waals surface area contributed by atoms with Crippen molar-refractivity contribution in [2.75, 3.05) is 12.4 Å². The average Bonchev–Trinajstić information content (AvgIpc) is 2.56. The third-order valence-electron chi connectivity index (χ3n) is 3.39. The Labute approximate surface area is 126 Å². The van der Waals surface area contributed by atoms with Crippen LogP contribution in [0.4, 0.5) is 5.69 Å². The van der Waals surface area contributed by atoms with Crippen LogP contribution in [0.15, 0.2) is 59.5 Å². The summed E-state index contributed by atoms with van der Waals surface area (Å²) < 4.78 is 5.18. The van der Waals surface area contributed by atoms with Crippen LogP contribution in [0.3, 0.4) is 0 Å². The summed E-state index contributed by atoms with van der Waals surface area (Å²) >= 11 is 0. The second kappa shape index (κ2) is 5.73. The summed E-state index contributed by atoms with van der Waals surface area (Å²) in [6.07, 6.45) is 1.43. The second-order valence-electron chi connectivity index (χ2n) is 4.73. The Bertz CT molecular complexity index is 900. The van der Waals surface area contributed by atoms with Gasteiger partial charge >= 0.3 is 0 Å². The smallest absolute Gasteiger partial charge is 0.261 e. The Morgan fingerprint density at radius 2 is 1.82 bits per heavy atom. The number of H-pyrrole nitrogens is 1. The number of carbonyl (C=O) groups excluding carboxylic acids is 1. The topological polar surface area (TPSA) is 71.2 Å². The molecule has 0 aliphatic heterocycles. The molecule has 0 aliphatic carbocycles. The van der Waals surface area contributed by atoms with Gasteiger partial charge in [0.05, 0.1) is 12.8 Å². The minimum atomic E-state index is -0.475. The number of hydrogen-bond acceptors (Lipinski definition) is 3. The minimum Gasteiger partial charge on any atom is -0.495 e. The summed E-state index contributed by atoms with van der Waals surface area (Å²) in [5.74, 6) is 0.0598. The van der Waals surface area contributed by atoms with Gasteiger partial charge in [0.1, 0.15) is 11.3 Å². The molecule has 1 aromatic heterocycles. The molecule has 0 saturated heterocycles. The van der Waals surface area contributed by atoms with Crippen molar-refractivity contribution in [3.05, 3.63) is 70.5 Å². The number of carbonyl (C=O) groups is 1. The molecule has 0 spiro atoms. The number of anilines is 1. The zero-order valence-corrected chi connectivity index (χ0v) is 11.9. The molecular weight excluding hydrogens is 280 g/mol. The minimum absolute atomic E-state index is 0.0598. The Hall–Kier alpha value is -3.08. The Balaban J connectivity index is 1.99. The molecule has 0 saturated carbocycles. The second-order valence-corrected chi connectivity index (χ2v) is 4.73. The molecule has 2 N–H and O–H groups in total. The fourth-order valence-corrected chi connectivity index (χ4v) is 2.27. The molecule has 0 unspecified atom stereocenters. The third kappa shape index (κ3) is 2.44. The first-order chi connectivity index (χ1) is 10.7. The maximum atomic E-state index is 12.4. The molecule has 2 aromatic carbocycles. The molecule has 1 heterocycles. The largest absolute Gasteiger partial charge is 0.495 e. The first kappa shape index (κ1) is 13.9. The van der Waals surface area contributed by atoms with Gasteiger partial charge in [0.25, 0.3) is 5.91 Å². The van der Waals surface area contributed by atoms with Gasteiger partial charge in [0, 0.05) is 17.1 Å². The number of rotatable bonds is 3. The van der Waals surface area contributed by atoms with Crippen LogP contribution in [-0.4, -0.2) is 18.0 Å². The van der Waals surface area contributed by atoms with E-state index in [0.29, 0.717) is 22.3 Å². The van der Waals surface area contributed by atoms with Crippen LogP contribution < -0.4 is 15.5 Å². The quantitative estimate of drug-likeness (QED) is 0.780. The summed E-state index contributed by atoms with van der Waals surface area (Å²) in [5, 5.41) is 3.18. The van der Waals surface area contributed by atoms with Gasteiger partial charge < -0.3 is 15.0 Å². The molecule has 0 radical (unpaired) electrons. The molecule has 0 aliphatic rings. The summed E-state index contributed by atoms with van der Waals surface area (Å²) in [5.41, 5.74) is 0.968. The van der Waals surface area contributed by atoms with Crippen LogP contribution in [0.25, 0.3) is 10.9 Å². The van der Waals surface area contributed by atoms with Crippen molar-refractivity contribution < 1.29 is 9.53 Å². The SMILES string of the molecule is COc1ccccc1NC(=O)c1c[nH]c2ccccc2c1=O. The monoisotopic (exact) mass is 294 g/mol. The van der Waals surface area contributed by atoms with E-state index in [1.165, 1.54) is 13.3 Å². The fraction of sp³-hybridized carbons (Fsp3) is 0.0588. The van der Waals surface area contributed by atoms with Crippen molar-refractivity contribution in [2.24, 2.45) is 0 Å². The highest BCUT2D eigenvalue weighted by Gasteiger charge is 2.14. The number of aromatic amines is 1. The van der Waals surface area contributed by atoms with Crippen molar-refractivity contribution in [3.8, 4) is 5.75 Å². The first-order valence-electron chi connectivity index (χ1n) is 6.75. The van der Waals surface area contributed by atoms with E-state index >= 15 is 0 Å². The van der Waals surface area contributed by atoms with E-state index < -0.39 is 5.91 Å². The Morgan fingerprint density at radius 3 is 2.64 bits per heavy atom. The fourth-order valence-electron chi connectivity index (χ4n) is 2.27. The number of fused-ring (bicyclic) bond motifs is 1. The van der Waals surface area contributed by atoms with Crippen LogP contribution >= 0.6 is 0 Å². The number of amides is 1. The molecule has 3 aromatic rings. The normalized spacial score (nSPS) is 10.4. The molecular formula is C17H14N2O3. The number of hydrogen-bond donors (Lipinski definition) is 2. The van der Waals surface area contributed by atoms with Crippen molar-refractivity contribution in [1.29, 1.82) is 0 Å². The molecule has 22 heavy (non-hydrogen) atoms. The number of para-hydroxylation sites is 3. The lowest BCUT2D eigenvalue weighted by Crippen LogP contribution is -2.22. The van der Waals surface area contributed by atoms with Crippen molar-refractivity contribution >= 4 is 22.5 Å². The van der Waals surface area contributed by atoms with E-state index in [0.717, 1.165) is 0 Å². The van der Waals surface area contributed by atoms with Gasteiger partial charge in [-0.05, 0) is 24.3 Å². The summed E-state index contributed by atoms with van der Waals surface area (Å²) in [7, 11) is 1.52. The van der Waals surface area contributed by atoms with E-state index in [1.807, 2.05) is 6.07 Å². The van der Waals surface area contributed by atoms with E-state index in [1.54, 1.807) is 42.5 Å². The Kier molecular flexibility index (Phi) is 3.62. The van der Waals surface area contributed by atoms with Crippen LogP contribution in [0.2, 0.25) is 0 Å².